The van der Waals surface area contributed by atoms with Crippen molar-refractivity contribution in [3.05, 3.63) is 204 Å². The van der Waals surface area contributed by atoms with Crippen molar-refractivity contribution in [3.63, 3.8) is 0 Å². The van der Waals surface area contributed by atoms with Gasteiger partial charge >= 0.3 is 0 Å². The van der Waals surface area contributed by atoms with Crippen molar-refractivity contribution in [2.75, 3.05) is 0 Å². The van der Waals surface area contributed by atoms with Gasteiger partial charge in [-0.05, 0) is 120 Å². The molecule has 0 aliphatic rings. The van der Waals surface area contributed by atoms with Gasteiger partial charge in [0.2, 0.25) is 0 Å². The summed E-state index contributed by atoms with van der Waals surface area (Å²) in [4.78, 5) is 10.6. The van der Waals surface area contributed by atoms with Crippen molar-refractivity contribution in [2.45, 2.75) is 91.9 Å². The van der Waals surface area contributed by atoms with Gasteiger partial charge in [0.05, 0.1) is 27.9 Å². The smallest absolute Gasteiger partial charge is 0.254 e. The molecular formula is C70H62N3O3Pt-. The Morgan fingerprint density at radius 2 is 1.06 bits per heavy atom. The average Bonchev–Trinajstić information content (AvgIpc) is 4.10. The maximum Gasteiger partial charge on any atom is 0.254 e. The summed E-state index contributed by atoms with van der Waals surface area (Å²) in [5.74, 6) is 1.52. The fraction of sp³-hybridized carbons (Fsp3) is 0.200. The van der Waals surface area contributed by atoms with Crippen LogP contribution >= 0.6 is 0 Å². The Bertz CT molecular complexity index is 4140. The first-order valence-corrected chi connectivity index (χ1v) is 26.6. The Balaban J connectivity index is 0.00000631. The maximum absolute atomic E-state index is 12.8. The second kappa shape index (κ2) is 19.7. The molecule has 0 radical (unpaired) electrons. The Labute approximate surface area is 465 Å². The number of nitrogens with zero attached hydrogens (tertiary/aromatic N) is 3. The standard InChI is InChI=1S/C70H62N3O3.Pt/c1-41(2)53-36-51(48-27-25-47(26-28-48)46-23-21-45(22-24-46)43-17-13-11-14-18-43)37-54(42(3)4)65(53)73-59-30-32-61-63(64(59)72-67(73)56-39-52(69(5,6)7)40-57(66(56)74)70(8,9)10)62-55-35-50(29-31-60(55)75-68(62)76-61)58-38-49(33-34-71-58)44-19-15-12-16-20-44;/h11-34,36-42,74H,1-10H3;/q-1;. The number of imidazole rings is 1. The van der Waals surface area contributed by atoms with Gasteiger partial charge in [0.15, 0.2) is 0 Å². The Kier molecular flexibility index (Phi) is 13.1. The first-order chi connectivity index (χ1) is 36.5. The number of rotatable bonds is 9. The zero-order valence-corrected chi connectivity index (χ0v) is 47.6. The number of hydrogen-bond donors (Lipinski definition) is 1. The predicted molar refractivity (Wildman–Crippen MR) is 315 cm³/mol. The molecule has 0 amide bonds. The van der Waals surface area contributed by atoms with Crippen molar-refractivity contribution < 1.29 is 35.0 Å². The average molecular weight is 1190 g/mol. The summed E-state index contributed by atoms with van der Waals surface area (Å²) in [6.45, 7) is 22.3. The summed E-state index contributed by atoms with van der Waals surface area (Å²) in [6.07, 6.45) is 1.85. The second-order valence-electron chi connectivity index (χ2n) is 23.1. The molecule has 0 aliphatic heterocycles. The summed E-state index contributed by atoms with van der Waals surface area (Å²) < 4.78 is 15.5. The van der Waals surface area contributed by atoms with Crippen LogP contribution in [0.1, 0.15) is 103 Å². The fourth-order valence-electron chi connectivity index (χ4n) is 10.9. The molecule has 0 bridgehead atoms. The van der Waals surface area contributed by atoms with Gasteiger partial charge in [-0.2, -0.15) is 0 Å². The van der Waals surface area contributed by atoms with Gasteiger partial charge in [0.25, 0.3) is 5.78 Å². The van der Waals surface area contributed by atoms with Crippen LogP contribution in [0.5, 0.6) is 5.75 Å². The van der Waals surface area contributed by atoms with Gasteiger partial charge < -0.3 is 13.9 Å². The fourth-order valence-corrected chi connectivity index (χ4v) is 10.9. The summed E-state index contributed by atoms with van der Waals surface area (Å²) >= 11 is 0. The Hall–Kier alpha value is -7.79. The quantitative estimate of drug-likeness (QED) is 0.146. The minimum atomic E-state index is -0.366. The summed E-state index contributed by atoms with van der Waals surface area (Å²) in [7, 11) is 0. The van der Waals surface area contributed by atoms with Gasteiger partial charge in [-0.25, -0.2) is 4.98 Å². The Morgan fingerprint density at radius 3 is 1.62 bits per heavy atom. The third kappa shape index (κ3) is 9.21. The number of phenols is 1. The molecule has 0 atom stereocenters. The van der Waals surface area contributed by atoms with E-state index in [1.807, 2.05) is 36.5 Å². The van der Waals surface area contributed by atoms with E-state index in [9.17, 15) is 5.11 Å². The van der Waals surface area contributed by atoms with Crippen LogP contribution in [-0.4, -0.2) is 19.6 Å². The minimum absolute atomic E-state index is 0. The molecule has 0 aliphatic carbocycles. The molecule has 12 rings (SSSR count). The molecule has 0 saturated heterocycles. The van der Waals surface area contributed by atoms with Crippen LogP contribution < -0.4 is 0 Å². The number of pyridine rings is 1. The normalized spacial score (nSPS) is 12.2. The zero-order valence-electron chi connectivity index (χ0n) is 45.3. The molecule has 12 aromatic rings. The second-order valence-corrected chi connectivity index (χ2v) is 23.1. The van der Waals surface area contributed by atoms with Gasteiger partial charge in [0, 0.05) is 49.3 Å². The van der Waals surface area contributed by atoms with Crippen LogP contribution in [0, 0.1) is 6.07 Å². The van der Waals surface area contributed by atoms with Gasteiger partial charge in [-0.1, -0.05) is 208 Å². The molecule has 1 N–H and O–H groups in total. The number of aromatic hydroxyl groups is 1. The molecule has 7 heteroatoms. The molecule has 77 heavy (non-hydrogen) atoms. The third-order valence-electron chi connectivity index (χ3n) is 15.2. The molecule has 8 aromatic carbocycles. The number of fused-ring (bicyclic) bond motifs is 7. The Morgan fingerprint density at radius 1 is 0.532 bits per heavy atom. The van der Waals surface area contributed by atoms with E-state index < -0.39 is 0 Å². The molecule has 0 spiro atoms. The van der Waals surface area contributed by atoms with Crippen molar-refractivity contribution in [2.24, 2.45) is 0 Å². The molecule has 0 saturated carbocycles. The van der Waals surface area contributed by atoms with Crippen LogP contribution in [0.4, 0.5) is 0 Å². The summed E-state index contributed by atoms with van der Waals surface area (Å²) in [6, 6.07) is 63.8. The number of hydrogen-bond acceptors (Lipinski definition) is 5. The van der Waals surface area contributed by atoms with E-state index in [4.69, 9.17) is 18.8 Å². The van der Waals surface area contributed by atoms with Crippen LogP contribution in [0.2, 0.25) is 0 Å². The van der Waals surface area contributed by atoms with E-state index in [0.717, 1.165) is 77.5 Å². The summed E-state index contributed by atoms with van der Waals surface area (Å²) in [5, 5.41) is 15.2. The van der Waals surface area contributed by atoms with Gasteiger partial charge in [-0.3, -0.25) is 9.55 Å². The summed E-state index contributed by atoms with van der Waals surface area (Å²) in [5.41, 5.74) is 19.4. The first-order valence-electron chi connectivity index (χ1n) is 26.6. The van der Waals surface area contributed by atoms with Gasteiger partial charge in [0.1, 0.15) is 17.2 Å². The number of furan rings is 2. The monoisotopic (exact) mass is 1190 g/mol. The number of benzene rings is 8. The number of aromatic nitrogens is 3. The van der Waals surface area contributed by atoms with E-state index in [-0.39, 0.29) is 49.5 Å². The van der Waals surface area contributed by atoms with Crippen molar-refractivity contribution in [1.29, 1.82) is 0 Å². The van der Waals surface area contributed by atoms with Crippen molar-refractivity contribution >= 4 is 44.1 Å². The topological polar surface area (TPSA) is 77.2 Å². The van der Waals surface area contributed by atoms with Crippen molar-refractivity contribution in [1.82, 2.24) is 14.5 Å². The van der Waals surface area contributed by atoms with Crippen LogP contribution in [0.25, 0.3) is 117 Å². The van der Waals surface area contributed by atoms with Crippen LogP contribution in [-0.2, 0) is 31.9 Å². The number of phenolic OH excluding ortho intramolecular Hbond substituents is 1. The molecule has 0 fully saturated rings. The molecule has 4 aromatic heterocycles. The zero-order chi connectivity index (χ0) is 52.8. The SMILES string of the molecule is CC(C)c1cc(-c2ccc(-c3ccc(-c4ccccc4)cc3)cc2)cc(C(C)C)c1-n1c(-c2cc(C(C)(C)C)cc(C(C)(C)C)c2O)nc2c3c(ccc21)oc1oc2ccc(-c4cc(-c5ccccc5)ccn4)[c-]c2c13.[Pt]. The predicted octanol–water partition coefficient (Wildman–Crippen LogP) is 19.4. The first kappa shape index (κ1) is 51.3. The van der Waals surface area contributed by atoms with Crippen molar-refractivity contribution in [3.8, 4) is 78.6 Å². The van der Waals surface area contributed by atoms with E-state index in [2.05, 4.69) is 219 Å². The van der Waals surface area contributed by atoms with E-state index in [0.29, 0.717) is 28.3 Å². The maximum atomic E-state index is 12.8. The van der Waals surface area contributed by atoms with Crippen LogP contribution in [0.15, 0.2) is 185 Å². The molecular weight excluding hydrogens is 1130 g/mol. The third-order valence-corrected chi connectivity index (χ3v) is 15.2. The van der Waals surface area contributed by atoms with E-state index in [1.165, 1.54) is 33.4 Å². The van der Waals surface area contributed by atoms with Gasteiger partial charge in [-0.15, -0.1) is 12.1 Å². The molecule has 386 valence electrons. The molecule has 4 heterocycles. The van der Waals surface area contributed by atoms with Crippen LogP contribution in [0.3, 0.4) is 0 Å². The molecule has 6 nitrogen and oxygen atoms in total. The van der Waals surface area contributed by atoms with E-state index >= 15 is 0 Å². The van der Waals surface area contributed by atoms with E-state index in [1.54, 1.807) is 0 Å². The molecule has 0 unspecified atom stereocenters. The minimum Gasteiger partial charge on any atom is -0.507 e. The largest absolute Gasteiger partial charge is 0.507 e.